The van der Waals surface area contributed by atoms with Gasteiger partial charge in [-0.1, -0.05) is 82.9 Å². The number of aromatic hydroxyl groups is 1. The van der Waals surface area contributed by atoms with Crippen LogP contribution >= 0.6 is 0 Å². The molecule has 0 aliphatic carbocycles. The highest BCUT2D eigenvalue weighted by molar-refractivity contribution is 5.79. The minimum Gasteiger partial charge on any atom is -0.506 e. The number of benzene rings is 2. The molecular formula is C24H33N3O. The number of fused-ring (bicyclic) bond motifs is 4. The molecule has 150 valence electrons. The summed E-state index contributed by atoms with van der Waals surface area (Å²) in [7, 11) is 0. The Labute approximate surface area is 167 Å². The average Bonchev–Trinajstić information content (AvgIpc) is 3.37. The molecule has 0 fully saturated rings. The van der Waals surface area contributed by atoms with Crippen LogP contribution in [0.1, 0.15) is 76.7 Å². The van der Waals surface area contributed by atoms with Crippen LogP contribution in [0, 0.1) is 0 Å². The topological polar surface area (TPSA) is 34.0 Å². The molecule has 2 aromatic carbocycles. The van der Waals surface area contributed by atoms with Crippen molar-refractivity contribution in [3.8, 4) is 11.4 Å². The van der Waals surface area contributed by atoms with Gasteiger partial charge in [-0.2, -0.15) is 0 Å². The SMILES string of the molecule is CCCCCCCCCCCCc1ccc(O)c(-n2n3c4ccccc4n23)c1. The average molecular weight is 380 g/mol. The molecule has 2 heterocycles. The van der Waals surface area contributed by atoms with Crippen LogP contribution in [-0.2, 0) is 6.42 Å². The van der Waals surface area contributed by atoms with Crippen molar-refractivity contribution in [2.45, 2.75) is 77.6 Å². The maximum Gasteiger partial charge on any atom is 0.143 e. The summed E-state index contributed by atoms with van der Waals surface area (Å²) in [5.41, 5.74) is 4.58. The van der Waals surface area contributed by atoms with E-state index in [4.69, 9.17) is 0 Å². The Kier molecular flexibility index (Phi) is 5.94. The van der Waals surface area contributed by atoms with Gasteiger partial charge in [0.05, 0.1) is 0 Å². The molecule has 1 N–H and O–H groups in total. The Balaban J connectivity index is 1.24. The van der Waals surface area contributed by atoms with E-state index in [2.05, 4.69) is 40.4 Å². The zero-order valence-corrected chi connectivity index (χ0v) is 17.1. The van der Waals surface area contributed by atoms with Gasteiger partial charge in [-0.3, -0.25) is 0 Å². The normalized spacial score (nSPS) is 12.0. The van der Waals surface area contributed by atoms with Crippen LogP contribution in [0.5, 0.6) is 5.75 Å². The molecule has 0 saturated carbocycles. The summed E-state index contributed by atoms with van der Waals surface area (Å²) in [6.45, 7) is 2.28. The largest absolute Gasteiger partial charge is 0.506 e. The zero-order chi connectivity index (χ0) is 19.3. The van der Waals surface area contributed by atoms with Gasteiger partial charge in [-0.05, 0) is 42.7 Å². The van der Waals surface area contributed by atoms with Crippen molar-refractivity contribution in [1.29, 1.82) is 0 Å². The molecule has 2 aromatic heterocycles. The van der Waals surface area contributed by atoms with E-state index in [1.54, 1.807) is 0 Å². The summed E-state index contributed by atoms with van der Waals surface area (Å²) in [5.74, 6) is 0.340. The lowest BCUT2D eigenvalue weighted by Crippen LogP contribution is -1.92. The van der Waals surface area contributed by atoms with Gasteiger partial charge in [0, 0.05) is 0 Å². The summed E-state index contributed by atoms with van der Waals surface area (Å²) in [6, 6.07) is 14.4. The molecule has 0 aliphatic rings. The van der Waals surface area contributed by atoms with E-state index in [1.165, 1.54) is 80.8 Å². The van der Waals surface area contributed by atoms with E-state index >= 15 is 0 Å². The van der Waals surface area contributed by atoms with Gasteiger partial charge in [0.15, 0.2) is 0 Å². The lowest BCUT2D eigenvalue weighted by atomic mass is 10.0. The number of phenolic OH excluding ortho intramolecular Hbond substituents is 1. The van der Waals surface area contributed by atoms with E-state index < -0.39 is 0 Å². The number of nitrogens with zero attached hydrogens (tertiary/aromatic N) is 3. The molecule has 4 heteroatoms. The Morgan fingerprint density at radius 1 is 0.714 bits per heavy atom. The quantitative estimate of drug-likeness (QED) is 0.277. The van der Waals surface area contributed by atoms with Gasteiger partial charge < -0.3 is 5.11 Å². The van der Waals surface area contributed by atoms with Crippen molar-refractivity contribution < 1.29 is 5.11 Å². The molecular weight excluding hydrogens is 346 g/mol. The number of phenols is 1. The van der Waals surface area contributed by atoms with Crippen molar-refractivity contribution in [2.75, 3.05) is 0 Å². The van der Waals surface area contributed by atoms with E-state index in [9.17, 15) is 5.11 Å². The monoisotopic (exact) mass is 379 g/mol. The molecule has 4 rings (SSSR count). The number of hydrogen-bond acceptors (Lipinski definition) is 1. The van der Waals surface area contributed by atoms with Crippen molar-refractivity contribution >= 4 is 11.0 Å². The second-order valence-electron chi connectivity index (χ2n) is 8.11. The Morgan fingerprint density at radius 3 is 1.89 bits per heavy atom. The summed E-state index contributed by atoms with van der Waals surface area (Å²) >= 11 is 0. The molecule has 0 amide bonds. The van der Waals surface area contributed by atoms with Crippen molar-refractivity contribution in [3.63, 3.8) is 0 Å². The lowest BCUT2D eigenvalue weighted by molar-refractivity contribution is 0.471. The molecule has 0 saturated heterocycles. The van der Waals surface area contributed by atoms with E-state index in [1.807, 2.05) is 23.0 Å². The number of aryl methyl sites for hydroxylation is 1. The molecule has 0 bridgehead atoms. The van der Waals surface area contributed by atoms with Crippen molar-refractivity contribution in [3.05, 3.63) is 48.0 Å². The molecule has 0 aliphatic heterocycles. The molecule has 0 spiro atoms. The van der Waals surface area contributed by atoms with E-state index in [0.29, 0.717) is 5.75 Å². The van der Waals surface area contributed by atoms with E-state index in [-0.39, 0.29) is 0 Å². The van der Waals surface area contributed by atoms with Crippen LogP contribution in [0.4, 0.5) is 0 Å². The smallest absolute Gasteiger partial charge is 0.143 e. The fourth-order valence-corrected chi connectivity index (χ4v) is 4.20. The van der Waals surface area contributed by atoms with Gasteiger partial charge in [0.1, 0.15) is 22.5 Å². The van der Waals surface area contributed by atoms with Gasteiger partial charge >= 0.3 is 0 Å². The van der Waals surface area contributed by atoms with E-state index in [0.717, 1.165) is 12.1 Å². The number of hydrogen-bond donors (Lipinski definition) is 1. The van der Waals surface area contributed by atoms with Crippen molar-refractivity contribution in [1.82, 2.24) is 14.1 Å². The number of unbranched alkanes of at least 4 members (excludes halogenated alkanes) is 9. The second kappa shape index (κ2) is 8.76. The highest BCUT2D eigenvalue weighted by Crippen LogP contribution is 2.31. The fourth-order valence-electron chi connectivity index (χ4n) is 4.20. The first-order valence-corrected chi connectivity index (χ1v) is 11.1. The summed E-state index contributed by atoms with van der Waals surface area (Å²) in [6.07, 6.45) is 14.7. The maximum atomic E-state index is 10.3. The third-order valence-electron chi connectivity index (χ3n) is 5.89. The van der Waals surface area contributed by atoms with Gasteiger partial charge in [0.25, 0.3) is 0 Å². The van der Waals surface area contributed by atoms with Crippen LogP contribution in [0.3, 0.4) is 0 Å². The Hall–Kier alpha value is -2.36. The minimum absolute atomic E-state index is 0.340. The summed E-state index contributed by atoms with van der Waals surface area (Å²) < 4.78 is 4.18. The van der Waals surface area contributed by atoms with Crippen LogP contribution in [0.2, 0.25) is 0 Å². The number of para-hydroxylation sites is 2. The highest BCUT2D eigenvalue weighted by Gasteiger charge is 2.25. The predicted molar refractivity (Wildman–Crippen MR) is 116 cm³/mol. The molecule has 0 atom stereocenters. The fraction of sp³-hybridized carbons (Fsp3) is 0.500. The highest BCUT2D eigenvalue weighted by atomic mass is 16.3. The third kappa shape index (κ3) is 3.91. The Morgan fingerprint density at radius 2 is 1.29 bits per heavy atom. The zero-order valence-electron chi connectivity index (χ0n) is 17.1. The molecule has 0 unspecified atom stereocenters. The van der Waals surface area contributed by atoms with Crippen molar-refractivity contribution in [2.24, 2.45) is 0 Å². The summed E-state index contributed by atoms with van der Waals surface area (Å²) in [5, 5.41) is 10.3. The second-order valence-corrected chi connectivity index (χ2v) is 8.11. The number of aromatic nitrogens is 3. The summed E-state index contributed by atoms with van der Waals surface area (Å²) in [4.78, 5) is 2.04. The van der Waals surface area contributed by atoms with Crippen LogP contribution in [-0.4, -0.2) is 19.2 Å². The minimum atomic E-state index is 0.340. The Bertz CT molecular complexity index is 948. The molecule has 4 aromatic rings. The van der Waals surface area contributed by atoms with Crippen LogP contribution < -0.4 is 0 Å². The van der Waals surface area contributed by atoms with Gasteiger partial charge in [-0.25, -0.2) is 0 Å². The van der Waals surface area contributed by atoms with Crippen LogP contribution in [0.25, 0.3) is 16.7 Å². The first kappa shape index (κ1) is 19.0. The van der Waals surface area contributed by atoms with Gasteiger partial charge in [0.2, 0.25) is 0 Å². The maximum absolute atomic E-state index is 10.3. The standard InChI is InChI=1S/C24H33N3O/c1-2-3-4-5-6-7-8-9-10-11-14-20-17-18-24(28)23(19-20)27-25-21-15-12-13-16-22(21)26(25)27/h12-13,15-19,28H,2-11,14H2,1H3. The van der Waals surface area contributed by atoms with Gasteiger partial charge in [-0.15, -0.1) is 14.1 Å². The lowest BCUT2D eigenvalue weighted by Gasteiger charge is -2.05. The third-order valence-corrected chi connectivity index (χ3v) is 5.89. The first-order chi connectivity index (χ1) is 13.8. The molecule has 28 heavy (non-hydrogen) atoms. The number of rotatable bonds is 12. The molecule has 0 radical (unpaired) electrons. The molecule has 4 nitrogen and oxygen atoms in total. The first-order valence-electron chi connectivity index (χ1n) is 11.1. The van der Waals surface area contributed by atoms with Crippen LogP contribution in [0.15, 0.2) is 42.5 Å². The predicted octanol–water partition coefficient (Wildman–Crippen LogP) is 6.59.